The Labute approximate surface area is 254 Å². The molecule has 0 atom stereocenters. The van der Waals surface area contributed by atoms with Crippen LogP contribution in [0.5, 0.6) is 23.0 Å². The monoisotopic (exact) mass is 586 g/mol. The van der Waals surface area contributed by atoms with Crippen LogP contribution in [0.1, 0.15) is 11.1 Å². The molecule has 44 heavy (non-hydrogen) atoms. The number of ether oxygens (including phenoxy) is 4. The Hall–Kier alpha value is -5.90. The molecule has 10 heteroatoms. The van der Waals surface area contributed by atoms with Gasteiger partial charge in [-0.05, 0) is 73.5 Å². The molecule has 220 valence electrons. The zero-order chi connectivity index (χ0) is 30.2. The zero-order valence-corrected chi connectivity index (χ0v) is 24.2. The average Bonchev–Trinajstić information content (AvgIpc) is 3.85. The highest BCUT2D eigenvalue weighted by Gasteiger charge is 2.18. The van der Waals surface area contributed by atoms with Crippen molar-refractivity contribution in [3.05, 3.63) is 108 Å². The number of fused-ring (bicyclic) bond motifs is 2. The standard InChI is InChI=1S/2C17H15N3O2/c2*1-11-2-5-13(6-3-11)20-17(18)14(9-19-20)12-4-7-15-16(8-12)22-10-21-15/h2*2-9H,10,18H2,1H3. The number of nitrogens with zero attached hydrogens (tertiary/aromatic N) is 4. The maximum absolute atomic E-state index is 6.28. The molecule has 0 fully saturated rings. The van der Waals surface area contributed by atoms with Crippen LogP contribution in [-0.2, 0) is 0 Å². The third-order valence-electron chi connectivity index (χ3n) is 7.54. The van der Waals surface area contributed by atoms with Crippen molar-refractivity contribution in [1.82, 2.24) is 19.6 Å². The lowest BCUT2D eigenvalue weighted by atomic mass is 10.1. The molecule has 8 rings (SSSR count). The Morgan fingerprint density at radius 1 is 0.523 bits per heavy atom. The van der Waals surface area contributed by atoms with E-state index >= 15 is 0 Å². The van der Waals surface area contributed by atoms with E-state index in [0.717, 1.165) is 56.6 Å². The number of rotatable bonds is 4. The molecule has 2 aromatic heterocycles. The molecule has 0 radical (unpaired) electrons. The maximum atomic E-state index is 6.28. The molecular weight excluding hydrogens is 556 g/mol. The van der Waals surface area contributed by atoms with Gasteiger partial charge in [0.05, 0.1) is 23.8 Å². The molecule has 0 saturated heterocycles. The van der Waals surface area contributed by atoms with Crippen molar-refractivity contribution in [1.29, 1.82) is 0 Å². The largest absolute Gasteiger partial charge is 0.454 e. The average molecular weight is 587 g/mol. The minimum atomic E-state index is 0.261. The van der Waals surface area contributed by atoms with Gasteiger partial charge in [-0.1, -0.05) is 47.5 Å². The second-order valence-corrected chi connectivity index (χ2v) is 10.5. The van der Waals surface area contributed by atoms with E-state index in [1.54, 1.807) is 21.8 Å². The van der Waals surface area contributed by atoms with Crippen molar-refractivity contribution in [3.63, 3.8) is 0 Å². The fraction of sp³-hybridized carbons (Fsp3) is 0.118. The summed E-state index contributed by atoms with van der Waals surface area (Å²) < 4.78 is 25.0. The third-order valence-corrected chi connectivity index (χ3v) is 7.54. The predicted molar refractivity (Wildman–Crippen MR) is 169 cm³/mol. The fourth-order valence-electron chi connectivity index (χ4n) is 5.07. The van der Waals surface area contributed by atoms with Crippen molar-refractivity contribution in [3.8, 4) is 56.6 Å². The molecule has 6 aromatic rings. The summed E-state index contributed by atoms with van der Waals surface area (Å²) in [5.41, 5.74) is 20.5. The molecule has 0 amide bonds. The molecule has 0 saturated carbocycles. The first-order valence-corrected chi connectivity index (χ1v) is 14.1. The summed E-state index contributed by atoms with van der Waals surface area (Å²) in [6.45, 7) is 4.62. The van der Waals surface area contributed by atoms with Gasteiger partial charge in [0.25, 0.3) is 0 Å². The number of aromatic nitrogens is 4. The summed E-state index contributed by atoms with van der Waals surface area (Å²) in [6, 6.07) is 27.7. The van der Waals surface area contributed by atoms with Crippen LogP contribution < -0.4 is 30.4 Å². The summed E-state index contributed by atoms with van der Waals surface area (Å²) >= 11 is 0. The van der Waals surface area contributed by atoms with Crippen LogP contribution in [0.2, 0.25) is 0 Å². The first-order chi connectivity index (χ1) is 21.4. The Kier molecular flexibility index (Phi) is 6.78. The lowest BCUT2D eigenvalue weighted by Gasteiger charge is -2.06. The fourth-order valence-corrected chi connectivity index (χ4v) is 5.07. The predicted octanol–water partition coefficient (Wildman–Crippen LogP) is 6.32. The summed E-state index contributed by atoms with van der Waals surface area (Å²) in [5, 5.41) is 8.81. The number of aryl methyl sites for hydroxylation is 2. The highest BCUT2D eigenvalue weighted by molar-refractivity contribution is 5.77. The molecule has 0 bridgehead atoms. The van der Waals surface area contributed by atoms with Crippen LogP contribution in [-0.4, -0.2) is 33.1 Å². The summed E-state index contributed by atoms with van der Waals surface area (Å²) in [4.78, 5) is 0. The summed E-state index contributed by atoms with van der Waals surface area (Å²) in [6.07, 6.45) is 3.54. The minimum absolute atomic E-state index is 0.261. The second kappa shape index (κ2) is 11.1. The van der Waals surface area contributed by atoms with Gasteiger partial charge in [-0.3, -0.25) is 0 Å². The highest BCUT2D eigenvalue weighted by atomic mass is 16.7. The highest BCUT2D eigenvalue weighted by Crippen LogP contribution is 2.39. The van der Waals surface area contributed by atoms with Gasteiger partial charge in [-0.15, -0.1) is 0 Å². The Morgan fingerprint density at radius 2 is 0.909 bits per heavy atom. The lowest BCUT2D eigenvalue weighted by molar-refractivity contribution is 0.173. The van der Waals surface area contributed by atoms with E-state index in [-0.39, 0.29) is 13.6 Å². The van der Waals surface area contributed by atoms with Crippen LogP contribution >= 0.6 is 0 Å². The number of hydrogen-bond acceptors (Lipinski definition) is 8. The number of hydrogen-bond donors (Lipinski definition) is 2. The van der Waals surface area contributed by atoms with E-state index in [4.69, 9.17) is 30.4 Å². The second-order valence-electron chi connectivity index (χ2n) is 10.5. The van der Waals surface area contributed by atoms with Crippen LogP contribution in [0.25, 0.3) is 33.6 Å². The van der Waals surface area contributed by atoms with Crippen LogP contribution in [0, 0.1) is 13.8 Å². The normalized spacial score (nSPS) is 12.6. The van der Waals surface area contributed by atoms with E-state index in [9.17, 15) is 0 Å². The SMILES string of the molecule is Cc1ccc(-n2ncc(-c3ccc4c(c3)OCO4)c2N)cc1.Cc1ccc(-n2ncc(-c3ccc4c(c3)OCO4)c2N)cc1. The molecule has 4 N–H and O–H groups in total. The van der Waals surface area contributed by atoms with Crippen molar-refractivity contribution in [2.24, 2.45) is 0 Å². The summed E-state index contributed by atoms with van der Waals surface area (Å²) in [5.74, 6) is 4.19. The van der Waals surface area contributed by atoms with E-state index in [2.05, 4.69) is 10.2 Å². The maximum Gasteiger partial charge on any atom is 0.231 e. The molecule has 2 aliphatic heterocycles. The quantitative estimate of drug-likeness (QED) is 0.246. The van der Waals surface area contributed by atoms with Gasteiger partial charge in [0, 0.05) is 11.1 Å². The smallest absolute Gasteiger partial charge is 0.231 e. The molecule has 4 heterocycles. The third kappa shape index (κ3) is 5.02. The summed E-state index contributed by atoms with van der Waals surface area (Å²) in [7, 11) is 0. The van der Waals surface area contributed by atoms with Gasteiger partial charge in [0.15, 0.2) is 23.0 Å². The molecule has 0 aliphatic carbocycles. The van der Waals surface area contributed by atoms with E-state index in [1.807, 2.05) is 98.8 Å². The lowest BCUT2D eigenvalue weighted by Crippen LogP contribution is -2.02. The van der Waals surface area contributed by atoms with Crippen LogP contribution in [0.4, 0.5) is 11.6 Å². The van der Waals surface area contributed by atoms with Crippen LogP contribution in [0.3, 0.4) is 0 Å². The van der Waals surface area contributed by atoms with E-state index in [1.165, 1.54) is 11.1 Å². The number of nitrogens with two attached hydrogens (primary N) is 2. The Balaban J connectivity index is 0.000000142. The molecular formula is C34H30N6O4. The van der Waals surface area contributed by atoms with Crippen molar-refractivity contribution in [2.45, 2.75) is 13.8 Å². The van der Waals surface area contributed by atoms with Gasteiger partial charge >= 0.3 is 0 Å². The minimum Gasteiger partial charge on any atom is -0.454 e. The topological polar surface area (TPSA) is 125 Å². The van der Waals surface area contributed by atoms with Gasteiger partial charge in [0.1, 0.15) is 11.6 Å². The Morgan fingerprint density at radius 3 is 1.32 bits per heavy atom. The van der Waals surface area contributed by atoms with Gasteiger partial charge in [-0.25, -0.2) is 9.36 Å². The number of benzene rings is 4. The first-order valence-electron chi connectivity index (χ1n) is 14.1. The molecule has 10 nitrogen and oxygen atoms in total. The molecule has 0 unspecified atom stereocenters. The van der Waals surface area contributed by atoms with E-state index in [0.29, 0.717) is 11.6 Å². The van der Waals surface area contributed by atoms with E-state index < -0.39 is 0 Å². The Bertz CT molecular complexity index is 1820. The van der Waals surface area contributed by atoms with Crippen molar-refractivity contribution < 1.29 is 18.9 Å². The number of nitrogen functional groups attached to an aromatic ring is 2. The molecule has 2 aliphatic rings. The molecule has 4 aromatic carbocycles. The molecule has 0 spiro atoms. The first kappa shape index (κ1) is 27.0. The van der Waals surface area contributed by atoms with Gasteiger partial charge < -0.3 is 30.4 Å². The van der Waals surface area contributed by atoms with Gasteiger partial charge in [0.2, 0.25) is 13.6 Å². The number of anilines is 2. The van der Waals surface area contributed by atoms with Crippen molar-refractivity contribution >= 4 is 11.6 Å². The van der Waals surface area contributed by atoms with Gasteiger partial charge in [-0.2, -0.15) is 10.2 Å². The van der Waals surface area contributed by atoms with Crippen molar-refractivity contribution in [2.75, 3.05) is 25.1 Å². The zero-order valence-electron chi connectivity index (χ0n) is 24.2. The van der Waals surface area contributed by atoms with Crippen LogP contribution in [0.15, 0.2) is 97.3 Å².